The van der Waals surface area contributed by atoms with Gasteiger partial charge in [-0.15, -0.1) is 0 Å². The molecule has 3 unspecified atom stereocenters. The molecular formula is C65H74N6O26. The van der Waals surface area contributed by atoms with E-state index in [0.29, 0.717) is 52.7 Å². The fourth-order valence-corrected chi connectivity index (χ4v) is 10.4. The lowest BCUT2D eigenvalue weighted by Gasteiger charge is -2.27. The van der Waals surface area contributed by atoms with Crippen LogP contribution in [0.5, 0.6) is 17.2 Å². The van der Waals surface area contributed by atoms with E-state index < -0.39 is 125 Å². The van der Waals surface area contributed by atoms with Crippen molar-refractivity contribution < 1.29 is 124 Å². The Balaban J connectivity index is 0.000000218. The molecule has 6 heterocycles. The first-order valence-corrected chi connectivity index (χ1v) is 30.9. The Hall–Kier alpha value is -10.2. The van der Waals surface area contributed by atoms with Crippen LogP contribution >= 0.6 is 0 Å². The number of carbonyl (C=O) groups is 16. The van der Waals surface area contributed by atoms with Gasteiger partial charge in [-0.1, -0.05) is 18.2 Å². The smallest absolute Gasteiger partial charge is 0.344 e. The van der Waals surface area contributed by atoms with Crippen molar-refractivity contribution in [3.8, 4) is 17.2 Å². The lowest BCUT2D eigenvalue weighted by Crippen LogP contribution is -2.54. The molecule has 6 aliphatic rings. The van der Waals surface area contributed by atoms with Gasteiger partial charge in [-0.25, -0.2) is 9.59 Å². The van der Waals surface area contributed by atoms with E-state index in [0.717, 1.165) is 14.7 Å². The maximum absolute atomic E-state index is 13.1. The van der Waals surface area contributed by atoms with E-state index >= 15 is 0 Å². The van der Waals surface area contributed by atoms with Crippen LogP contribution in [0.15, 0.2) is 54.6 Å². The molecule has 3 aromatic carbocycles. The number of hydrogen-bond acceptors (Lipinski definition) is 25. The summed E-state index contributed by atoms with van der Waals surface area (Å²) < 4.78 is 48.1. The zero-order valence-corrected chi connectivity index (χ0v) is 54.1. The molecule has 3 saturated heterocycles. The second kappa shape index (κ2) is 33.5. The number of carboxylic acids is 1. The fraction of sp³-hybridized carbons (Fsp3) is 0.477. The number of aliphatic carboxylic acids is 1. The van der Waals surface area contributed by atoms with Gasteiger partial charge in [0.15, 0.2) is 19.0 Å². The maximum atomic E-state index is 13.1. The van der Waals surface area contributed by atoms with Crippen molar-refractivity contribution in [3.63, 3.8) is 0 Å². The first-order valence-electron chi connectivity index (χ1n) is 30.9. The predicted octanol–water partition coefficient (Wildman–Crippen LogP) is 1.97. The van der Waals surface area contributed by atoms with Gasteiger partial charge >= 0.3 is 17.9 Å². The summed E-state index contributed by atoms with van der Waals surface area (Å²) in [6.07, 6.45) is 1.07. The van der Waals surface area contributed by atoms with Crippen molar-refractivity contribution in [1.29, 1.82) is 0 Å². The van der Waals surface area contributed by atoms with Crippen LogP contribution in [-0.2, 0) is 76.4 Å². The number of hydrogen-bond donors (Lipinski definition) is 4. The highest BCUT2D eigenvalue weighted by molar-refractivity contribution is 6.26. The first-order chi connectivity index (χ1) is 46.0. The Morgan fingerprint density at radius 2 is 0.753 bits per heavy atom. The van der Waals surface area contributed by atoms with Crippen LogP contribution in [0.4, 0.5) is 0 Å². The van der Waals surface area contributed by atoms with Gasteiger partial charge in [-0.3, -0.25) is 97.8 Å². The average molecular weight is 1360 g/mol. The van der Waals surface area contributed by atoms with E-state index in [-0.39, 0.29) is 127 Å². The molecule has 0 radical (unpaired) electrons. The van der Waals surface area contributed by atoms with Crippen molar-refractivity contribution in [2.75, 3.05) is 72.7 Å². The molecule has 3 atom stereocenters. The largest absolute Gasteiger partial charge is 0.485 e. The van der Waals surface area contributed by atoms with Crippen molar-refractivity contribution in [2.45, 2.75) is 129 Å². The highest BCUT2D eigenvalue weighted by Gasteiger charge is 2.49. The number of benzene rings is 3. The molecule has 6 aliphatic heterocycles. The van der Waals surface area contributed by atoms with Crippen LogP contribution in [0.1, 0.15) is 161 Å². The number of nitrogens with zero attached hydrogens (tertiary/aromatic N) is 3. The third kappa shape index (κ3) is 20.0. The number of carboxylic acid groups (broad SMARTS) is 1. The van der Waals surface area contributed by atoms with E-state index in [4.69, 9.17) is 47.7 Å². The van der Waals surface area contributed by atoms with Crippen molar-refractivity contribution in [1.82, 2.24) is 30.7 Å². The first kappa shape index (κ1) is 74.2. The van der Waals surface area contributed by atoms with Gasteiger partial charge in [0.25, 0.3) is 35.4 Å². The molecule has 0 bridgehead atoms. The van der Waals surface area contributed by atoms with Gasteiger partial charge in [-0.2, -0.15) is 0 Å². The number of nitrogens with one attached hydrogen (secondary N) is 3. The molecule has 9 rings (SSSR count). The summed E-state index contributed by atoms with van der Waals surface area (Å²) in [6, 6.07) is 9.90. The zero-order chi connectivity index (χ0) is 70.9. The predicted molar refractivity (Wildman–Crippen MR) is 327 cm³/mol. The second-order valence-electron chi connectivity index (χ2n) is 24.2. The number of ketones is 1. The van der Waals surface area contributed by atoms with Crippen LogP contribution in [0.2, 0.25) is 0 Å². The van der Waals surface area contributed by atoms with E-state index in [1.807, 2.05) is 20.8 Å². The minimum Gasteiger partial charge on any atom is -0.485 e. The normalized spacial score (nSPS) is 18.2. The minimum absolute atomic E-state index is 0.00244. The average Bonchev–Trinajstić information content (AvgIpc) is 1.62. The van der Waals surface area contributed by atoms with Crippen LogP contribution in [0, 0.1) is 0 Å². The molecule has 32 nitrogen and oxygen atoms in total. The molecule has 520 valence electrons. The van der Waals surface area contributed by atoms with Gasteiger partial charge < -0.3 is 47.7 Å². The molecular weight excluding hydrogens is 1280 g/mol. The molecule has 3 fully saturated rings. The number of Topliss-reactive ketones (excluding diaryl/α,β-unsaturated/α-hetero) is 1. The van der Waals surface area contributed by atoms with E-state index in [9.17, 15) is 76.7 Å². The Bertz CT molecular complexity index is 3630. The summed E-state index contributed by atoms with van der Waals surface area (Å²) in [7, 11) is 0. The minimum atomic E-state index is -1.23. The van der Waals surface area contributed by atoms with Crippen molar-refractivity contribution in [2.24, 2.45) is 0 Å². The Kier molecular flexibility index (Phi) is 25.6. The SMILES string of the molecule is CC(C)(C)OC(=O)CCOCCOCCOCCOCCCC(=O)COc1cccc2c1C(=O)N(C1CCC(=O)NC1=O)C2=O.CC(C)(C)OC(=O)COc1cccc2c1C(=O)N(C1CCC(=O)NC1=O)C2=O.O=C(O)COc1cccc2c1C(=O)N(C1CCC(=O)NC1=O)C2=O. The third-order valence-electron chi connectivity index (χ3n) is 14.5. The molecule has 97 heavy (non-hydrogen) atoms. The van der Waals surface area contributed by atoms with Gasteiger partial charge in [0, 0.05) is 32.3 Å². The van der Waals surface area contributed by atoms with Crippen molar-refractivity contribution in [3.05, 3.63) is 88.0 Å². The van der Waals surface area contributed by atoms with Gasteiger partial charge in [0.2, 0.25) is 35.4 Å². The van der Waals surface area contributed by atoms with Gasteiger partial charge in [0.1, 0.15) is 53.2 Å². The highest BCUT2D eigenvalue weighted by atomic mass is 16.6. The Labute approximate surface area is 554 Å². The van der Waals surface area contributed by atoms with Crippen LogP contribution < -0.4 is 30.2 Å². The van der Waals surface area contributed by atoms with E-state index in [1.54, 1.807) is 20.8 Å². The second-order valence-corrected chi connectivity index (χ2v) is 24.2. The number of imide groups is 6. The van der Waals surface area contributed by atoms with E-state index in [2.05, 4.69) is 16.0 Å². The third-order valence-corrected chi connectivity index (χ3v) is 14.5. The van der Waals surface area contributed by atoms with Crippen LogP contribution in [0.3, 0.4) is 0 Å². The summed E-state index contributed by atoms with van der Waals surface area (Å²) >= 11 is 0. The highest BCUT2D eigenvalue weighted by Crippen LogP contribution is 2.37. The maximum Gasteiger partial charge on any atom is 0.344 e. The molecule has 3 aromatic rings. The van der Waals surface area contributed by atoms with Crippen molar-refractivity contribution >= 4 is 94.6 Å². The standard InChI is InChI=1S/C31H42N2O12.C19H20N2O7.C15H12N2O7/c1-31(2,3)45-26(36)11-13-41-15-17-43-19-18-42-16-14-40-12-5-6-21(34)20-44-24-8-4-7-22-27(24)30(39)33(29(22)38)23-9-10-25(35)32-28(23)37;1-19(2,3)28-14(23)9-27-12-6-4-5-10-15(12)18(26)21(17(10)25)11-7-8-13(22)20-16(11)24;18-10-5-4-8(13(21)16-10)17-14(22)7-2-1-3-9(12(7)15(17)23)24-6-11(19)20/h4,7-8,23H,5-6,9-20H2,1-3H3,(H,32,35,37);4-6,11H,7-9H2,1-3H3,(H,20,22,24);1-3,8H,4-6H2,(H,19,20)(H,16,18,21). The quantitative estimate of drug-likeness (QED) is 0.0458. The number of rotatable bonds is 28. The molecule has 0 saturated carbocycles. The van der Waals surface area contributed by atoms with E-state index in [1.165, 1.54) is 54.6 Å². The Morgan fingerprint density at radius 1 is 0.423 bits per heavy atom. The Morgan fingerprint density at radius 3 is 1.10 bits per heavy atom. The molecule has 4 N–H and O–H groups in total. The summed E-state index contributed by atoms with van der Waals surface area (Å²) in [5.74, 6) is -9.84. The molecule has 12 amide bonds. The molecule has 0 spiro atoms. The molecule has 0 aromatic heterocycles. The number of ether oxygens (including phenoxy) is 9. The number of fused-ring (bicyclic) bond motifs is 3. The van der Waals surface area contributed by atoms with Gasteiger partial charge in [-0.05, 0) is 104 Å². The lowest BCUT2D eigenvalue weighted by molar-refractivity contribution is -0.157. The summed E-state index contributed by atoms with van der Waals surface area (Å²) in [5.41, 5.74) is -1.09. The summed E-state index contributed by atoms with van der Waals surface area (Å²) in [6.45, 7) is 12.1. The number of esters is 2. The number of piperidine rings is 3. The van der Waals surface area contributed by atoms with Gasteiger partial charge in [0.05, 0.1) is 86.0 Å². The topological polar surface area (TPSA) is 422 Å². The molecule has 32 heteroatoms. The number of carbonyl (C=O) groups excluding carboxylic acids is 15. The lowest BCUT2D eigenvalue weighted by atomic mass is 10.0. The number of amides is 12. The summed E-state index contributed by atoms with van der Waals surface area (Å²) in [5, 5.41) is 15.1. The monoisotopic (exact) mass is 1350 g/mol. The van der Waals surface area contributed by atoms with Crippen LogP contribution in [0.25, 0.3) is 0 Å². The van der Waals surface area contributed by atoms with Crippen LogP contribution in [-0.4, -0.2) is 216 Å². The summed E-state index contributed by atoms with van der Waals surface area (Å²) in [4.78, 5) is 196. The zero-order valence-electron chi connectivity index (χ0n) is 54.1. The molecule has 0 aliphatic carbocycles. The fourth-order valence-electron chi connectivity index (χ4n) is 10.4.